The van der Waals surface area contributed by atoms with Gasteiger partial charge in [-0.15, -0.1) is 0 Å². The molecule has 0 saturated carbocycles. The van der Waals surface area contributed by atoms with E-state index in [1.807, 2.05) is 6.92 Å². The molecule has 0 radical (unpaired) electrons. The minimum Gasteiger partial charge on any atom is -0.394 e. The number of aryl methyl sites for hydroxylation is 2. The number of nitrogens with two attached hydrogens (primary N) is 1. The fourth-order valence-electron chi connectivity index (χ4n) is 3.77. The van der Waals surface area contributed by atoms with Crippen LogP contribution >= 0.6 is 0 Å². The minimum absolute atomic E-state index is 0.0725. The fraction of sp³-hybridized carbons (Fsp3) is 0.714. The first-order chi connectivity index (χ1) is 11.1. The lowest BCUT2D eigenvalue weighted by atomic mass is 9.74. The molecule has 1 aliphatic carbocycles. The van der Waals surface area contributed by atoms with Crippen molar-refractivity contribution >= 4 is 0 Å². The molecule has 1 aliphatic rings. The van der Waals surface area contributed by atoms with E-state index in [1.54, 1.807) is 0 Å². The summed E-state index contributed by atoms with van der Waals surface area (Å²) in [5.41, 5.74) is 10.2. The van der Waals surface area contributed by atoms with Crippen LogP contribution in [0.5, 0.6) is 0 Å². The Morgan fingerprint density at radius 3 is 2.61 bits per heavy atom. The van der Waals surface area contributed by atoms with E-state index in [2.05, 4.69) is 25.1 Å². The van der Waals surface area contributed by atoms with Crippen LogP contribution in [0.15, 0.2) is 18.2 Å². The van der Waals surface area contributed by atoms with Crippen LogP contribution in [0.1, 0.15) is 75.5 Å². The van der Waals surface area contributed by atoms with E-state index in [9.17, 15) is 5.11 Å². The number of rotatable bonds is 9. The highest BCUT2D eigenvalue weighted by molar-refractivity contribution is 5.35. The molecule has 1 aromatic rings. The Balaban J connectivity index is 1.84. The van der Waals surface area contributed by atoms with Crippen LogP contribution in [0.4, 0.5) is 0 Å². The van der Waals surface area contributed by atoms with Crippen LogP contribution in [0.2, 0.25) is 0 Å². The molecule has 0 amide bonds. The van der Waals surface area contributed by atoms with Gasteiger partial charge in [-0.25, -0.2) is 0 Å². The molecule has 0 aromatic heterocycles. The van der Waals surface area contributed by atoms with E-state index in [0.717, 1.165) is 19.3 Å². The van der Waals surface area contributed by atoms with E-state index in [4.69, 9.17) is 5.73 Å². The third-order valence-corrected chi connectivity index (χ3v) is 5.59. The smallest absolute Gasteiger partial charge is 0.0611 e. The van der Waals surface area contributed by atoms with Crippen LogP contribution < -0.4 is 5.73 Å². The number of unbranched alkanes of at least 4 members (excludes halogenated alkanes) is 5. The molecule has 2 rings (SSSR count). The third kappa shape index (κ3) is 5.32. The van der Waals surface area contributed by atoms with Gasteiger partial charge in [-0.05, 0) is 61.6 Å². The molecule has 130 valence electrons. The first kappa shape index (κ1) is 18.5. The highest BCUT2D eigenvalue weighted by Gasteiger charge is 2.32. The van der Waals surface area contributed by atoms with Gasteiger partial charge in [0.05, 0.1) is 6.61 Å². The maximum absolute atomic E-state index is 9.49. The van der Waals surface area contributed by atoms with Gasteiger partial charge >= 0.3 is 0 Å². The average Bonchev–Trinajstić information content (AvgIpc) is 2.57. The van der Waals surface area contributed by atoms with Gasteiger partial charge in [0.25, 0.3) is 0 Å². The van der Waals surface area contributed by atoms with Crippen molar-refractivity contribution in [3.63, 3.8) is 0 Å². The Morgan fingerprint density at radius 2 is 1.87 bits per heavy atom. The van der Waals surface area contributed by atoms with Gasteiger partial charge in [0.15, 0.2) is 0 Å². The summed E-state index contributed by atoms with van der Waals surface area (Å²) < 4.78 is 0. The molecule has 0 saturated heterocycles. The lowest BCUT2D eigenvalue weighted by Gasteiger charge is -2.36. The Kier molecular flexibility index (Phi) is 7.10. The molecular weight excluding hydrogens is 282 g/mol. The maximum Gasteiger partial charge on any atom is 0.0611 e. The molecule has 0 bridgehead atoms. The predicted octanol–water partition coefficient (Wildman–Crippen LogP) is 4.40. The Morgan fingerprint density at radius 1 is 1.13 bits per heavy atom. The summed E-state index contributed by atoms with van der Waals surface area (Å²) in [6.45, 7) is 4.32. The van der Waals surface area contributed by atoms with Crippen LogP contribution in [-0.4, -0.2) is 17.3 Å². The SMILES string of the molecule is CCCCCCCCc1ccc2c(c1)CC[C@@H]([C@@](C)(N)CO)C2. The standard InChI is InChI=1S/C21H35NO/c1-3-4-5-6-7-8-9-17-10-11-19-15-20(21(2,22)16-23)13-12-18(19)14-17/h10-11,14,20,23H,3-9,12-13,15-16,22H2,1-2H3/t20-,21+/m1/s1. The first-order valence-corrected chi connectivity index (χ1v) is 9.57. The molecule has 23 heavy (non-hydrogen) atoms. The molecule has 3 N–H and O–H groups in total. The summed E-state index contributed by atoms with van der Waals surface area (Å²) in [6, 6.07) is 7.03. The Labute approximate surface area is 142 Å². The topological polar surface area (TPSA) is 46.2 Å². The van der Waals surface area contributed by atoms with Gasteiger partial charge in [0, 0.05) is 5.54 Å². The lowest BCUT2D eigenvalue weighted by molar-refractivity contribution is 0.144. The molecule has 0 aliphatic heterocycles. The van der Waals surface area contributed by atoms with Crippen LogP contribution in [0.3, 0.4) is 0 Å². The zero-order valence-corrected chi connectivity index (χ0v) is 15.1. The summed E-state index contributed by atoms with van der Waals surface area (Å²) in [6.07, 6.45) is 12.6. The Bertz CT molecular complexity index is 481. The summed E-state index contributed by atoms with van der Waals surface area (Å²) in [4.78, 5) is 0. The lowest BCUT2D eigenvalue weighted by Crippen LogP contribution is -2.49. The van der Waals surface area contributed by atoms with Crippen molar-refractivity contribution in [1.82, 2.24) is 0 Å². The van der Waals surface area contributed by atoms with Crippen molar-refractivity contribution in [3.05, 3.63) is 34.9 Å². The second kappa shape index (κ2) is 8.84. The largest absolute Gasteiger partial charge is 0.394 e. The number of aliphatic hydroxyl groups excluding tert-OH is 1. The zero-order valence-electron chi connectivity index (χ0n) is 15.1. The van der Waals surface area contributed by atoms with Crippen molar-refractivity contribution in [2.75, 3.05) is 6.61 Å². The van der Waals surface area contributed by atoms with Crippen LogP contribution in [0, 0.1) is 5.92 Å². The average molecular weight is 318 g/mol. The number of fused-ring (bicyclic) bond motifs is 1. The molecule has 0 heterocycles. The second-order valence-corrected chi connectivity index (χ2v) is 7.72. The number of hydrogen-bond acceptors (Lipinski definition) is 2. The number of hydrogen-bond donors (Lipinski definition) is 2. The van der Waals surface area contributed by atoms with E-state index in [1.165, 1.54) is 61.6 Å². The number of aliphatic hydroxyl groups is 1. The predicted molar refractivity (Wildman–Crippen MR) is 98.7 cm³/mol. The summed E-state index contributed by atoms with van der Waals surface area (Å²) in [5, 5.41) is 9.49. The van der Waals surface area contributed by atoms with Gasteiger partial charge in [0.2, 0.25) is 0 Å². The number of benzene rings is 1. The van der Waals surface area contributed by atoms with Crippen molar-refractivity contribution in [3.8, 4) is 0 Å². The van der Waals surface area contributed by atoms with Gasteiger partial charge in [-0.2, -0.15) is 0 Å². The third-order valence-electron chi connectivity index (χ3n) is 5.59. The van der Waals surface area contributed by atoms with E-state index in [0.29, 0.717) is 5.92 Å². The van der Waals surface area contributed by atoms with Gasteiger partial charge < -0.3 is 10.8 Å². The summed E-state index contributed by atoms with van der Waals surface area (Å²) >= 11 is 0. The van der Waals surface area contributed by atoms with E-state index < -0.39 is 5.54 Å². The van der Waals surface area contributed by atoms with Gasteiger partial charge in [-0.1, -0.05) is 57.2 Å². The van der Waals surface area contributed by atoms with Crippen molar-refractivity contribution < 1.29 is 5.11 Å². The van der Waals surface area contributed by atoms with Crippen molar-refractivity contribution in [2.24, 2.45) is 11.7 Å². The maximum atomic E-state index is 9.49. The first-order valence-electron chi connectivity index (χ1n) is 9.57. The highest BCUT2D eigenvalue weighted by atomic mass is 16.3. The van der Waals surface area contributed by atoms with Crippen LogP contribution in [-0.2, 0) is 19.3 Å². The molecule has 0 fully saturated rings. The summed E-state index contributed by atoms with van der Waals surface area (Å²) in [5.74, 6) is 0.393. The quantitative estimate of drug-likeness (QED) is 0.663. The molecule has 2 nitrogen and oxygen atoms in total. The molecule has 2 heteroatoms. The van der Waals surface area contributed by atoms with Gasteiger partial charge in [-0.3, -0.25) is 0 Å². The van der Waals surface area contributed by atoms with E-state index in [-0.39, 0.29) is 6.61 Å². The highest BCUT2D eigenvalue weighted by Crippen LogP contribution is 2.32. The van der Waals surface area contributed by atoms with Crippen LogP contribution in [0.25, 0.3) is 0 Å². The van der Waals surface area contributed by atoms with E-state index >= 15 is 0 Å². The van der Waals surface area contributed by atoms with Crippen molar-refractivity contribution in [2.45, 2.75) is 83.6 Å². The summed E-state index contributed by atoms with van der Waals surface area (Å²) in [7, 11) is 0. The second-order valence-electron chi connectivity index (χ2n) is 7.72. The van der Waals surface area contributed by atoms with Gasteiger partial charge in [0.1, 0.15) is 0 Å². The zero-order chi connectivity index (χ0) is 16.7. The van der Waals surface area contributed by atoms with Crippen molar-refractivity contribution in [1.29, 1.82) is 0 Å². The Hall–Kier alpha value is -0.860. The fourth-order valence-corrected chi connectivity index (χ4v) is 3.77. The molecule has 1 aromatic carbocycles. The monoisotopic (exact) mass is 317 g/mol. The molecule has 0 unspecified atom stereocenters. The molecular formula is C21H35NO. The normalized spacial score (nSPS) is 20.1. The molecule has 2 atom stereocenters. The molecule has 0 spiro atoms. The minimum atomic E-state index is -0.450.